The predicted molar refractivity (Wildman–Crippen MR) is 233 cm³/mol. The molecule has 0 aromatic heterocycles. The lowest BCUT2D eigenvalue weighted by atomic mass is 10.1. The molecule has 0 heterocycles. The molecule has 0 saturated carbocycles. The van der Waals surface area contributed by atoms with Crippen molar-refractivity contribution in [2.75, 3.05) is 9.80 Å². The predicted octanol–water partition coefficient (Wildman–Crippen LogP) is 15.1. The average molecular weight is 725 g/mol. The number of hydrogen-bond acceptors (Lipinski definition) is 2. The Labute approximate surface area is 325 Å². The molecule has 0 N–H and O–H groups in total. The zero-order valence-corrected chi connectivity index (χ0v) is 31.2. The Morgan fingerprint density at radius 3 is 1.09 bits per heavy atom. The van der Waals surface area contributed by atoms with E-state index >= 15 is 0 Å². The van der Waals surface area contributed by atoms with Crippen LogP contribution in [0.1, 0.15) is 0 Å². The van der Waals surface area contributed by atoms with Crippen LogP contribution >= 0.6 is 10.0 Å². The fourth-order valence-corrected chi connectivity index (χ4v) is 11.5. The first-order valence-electron chi connectivity index (χ1n) is 18.7. The third-order valence-corrected chi connectivity index (χ3v) is 14.0. The molecule has 55 heavy (non-hydrogen) atoms. The summed E-state index contributed by atoms with van der Waals surface area (Å²) in [5, 5.41) is 2.44. The molecule has 0 amide bonds. The first-order chi connectivity index (χ1) is 27.3. The van der Waals surface area contributed by atoms with Crippen molar-refractivity contribution < 1.29 is 0 Å². The van der Waals surface area contributed by atoms with E-state index in [4.69, 9.17) is 0 Å². The van der Waals surface area contributed by atoms with Gasteiger partial charge >= 0.3 is 0 Å². The van der Waals surface area contributed by atoms with E-state index in [9.17, 15) is 0 Å². The highest BCUT2D eigenvalue weighted by molar-refractivity contribution is 8.34. The summed E-state index contributed by atoms with van der Waals surface area (Å²) in [5.41, 5.74) is 6.69. The summed E-state index contributed by atoms with van der Waals surface area (Å²) < 4.78 is 0. The SMILES string of the molecule is c1ccc(N(c2ccccc2)c2ccc(S(c3ccccc3)(c3ccccc3)c3cccc(N(c4ccccc4)c4ccc5ccccc5c4)c3)cc2)cc1. The molecule has 0 fully saturated rings. The van der Waals surface area contributed by atoms with Gasteiger partial charge in [-0.1, -0.05) is 127 Å². The maximum atomic E-state index is 2.42. The van der Waals surface area contributed by atoms with Gasteiger partial charge in [0.1, 0.15) is 0 Å². The number of anilines is 6. The zero-order chi connectivity index (χ0) is 36.9. The molecule has 264 valence electrons. The number of rotatable bonds is 10. The minimum absolute atomic E-state index is 1.11. The van der Waals surface area contributed by atoms with Crippen LogP contribution in [0, 0.1) is 0 Å². The Balaban J connectivity index is 1.26. The largest absolute Gasteiger partial charge is 0.311 e. The van der Waals surface area contributed by atoms with Crippen LogP contribution in [0.25, 0.3) is 10.8 Å². The van der Waals surface area contributed by atoms with Gasteiger partial charge in [0.05, 0.1) is 0 Å². The van der Waals surface area contributed by atoms with E-state index in [0.29, 0.717) is 0 Å². The molecule has 0 aliphatic carbocycles. The highest BCUT2D eigenvalue weighted by atomic mass is 32.3. The van der Waals surface area contributed by atoms with E-state index in [1.165, 1.54) is 30.4 Å². The number of fused-ring (bicyclic) bond motifs is 1. The molecule has 0 bridgehead atoms. The van der Waals surface area contributed by atoms with Crippen LogP contribution < -0.4 is 9.80 Å². The van der Waals surface area contributed by atoms with Crippen molar-refractivity contribution in [1.82, 2.24) is 0 Å². The molecule has 9 aromatic rings. The first kappa shape index (κ1) is 34.0. The van der Waals surface area contributed by atoms with Crippen LogP contribution in [0.5, 0.6) is 0 Å². The van der Waals surface area contributed by atoms with Gasteiger partial charge in [-0.05, 0) is 126 Å². The Morgan fingerprint density at radius 2 is 0.564 bits per heavy atom. The molecule has 0 radical (unpaired) electrons. The third kappa shape index (κ3) is 6.56. The second-order valence-corrected chi connectivity index (χ2v) is 16.5. The van der Waals surface area contributed by atoms with E-state index < -0.39 is 10.0 Å². The van der Waals surface area contributed by atoms with Crippen LogP contribution in [0.2, 0.25) is 0 Å². The van der Waals surface area contributed by atoms with E-state index in [1.807, 2.05) is 0 Å². The normalized spacial score (nSPS) is 11.6. The lowest BCUT2D eigenvalue weighted by Gasteiger charge is -2.42. The highest BCUT2D eigenvalue weighted by Crippen LogP contribution is 2.73. The third-order valence-electron chi connectivity index (χ3n) is 10.1. The van der Waals surface area contributed by atoms with Gasteiger partial charge in [-0.3, -0.25) is 0 Å². The Bertz CT molecular complexity index is 2550. The molecule has 0 atom stereocenters. The summed E-state index contributed by atoms with van der Waals surface area (Å²) in [5.74, 6) is 0. The molecule has 0 spiro atoms. The quantitative estimate of drug-likeness (QED) is 0.139. The van der Waals surface area contributed by atoms with Crippen molar-refractivity contribution in [3.63, 3.8) is 0 Å². The molecule has 0 unspecified atom stereocenters. The minimum Gasteiger partial charge on any atom is -0.311 e. The van der Waals surface area contributed by atoms with E-state index in [0.717, 1.165) is 34.1 Å². The Morgan fingerprint density at radius 1 is 0.218 bits per heavy atom. The maximum absolute atomic E-state index is 2.42. The maximum Gasteiger partial charge on any atom is 0.0472 e. The zero-order valence-electron chi connectivity index (χ0n) is 30.4. The summed E-state index contributed by atoms with van der Waals surface area (Å²) >= 11 is 0. The fourth-order valence-electron chi connectivity index (χ4n) is 7.62. The van der Waals surface area contributed by atoms with Gasteiger partial charge in [-0.2, -0.15) is 0 Å². The monoisotopic (exact) mass is 724 g/mol. The Hall–Kier alpha value is -6.81. The Kier molecular flexibility index (Phi) is 9.44. The van der Waals surface area contributed by atoms with Gasteiger partial charge in [0.25, 0.3) is 0 Å². The molecule has 0 saturated heterocycles. The molecule has 0 aliphatic rings. The number of benzene rings is 9. The van der Waals surface area contributed by atoms with Crippen molar-refractivity contribution >= 4 is 54.9 Å². The van der Waals surface area contributed by atoms with Crippen molar-refractivity contribution in [3.05, 3.63) is 243 Å². The summed E-state index contributed by atoms with van der Waals surface area (Å²) in [4.78, 5) is 9.81. The molecule has 3 heteroatoms. The van der Waals surface area contributed by atoms with Gasteiger partial charge in [-0.25, -0.2) is 0 Å². The molecule has 9 aromatic carbocycles. The summed E-state index contributed by atoms with van der Waals surface area (Å²) in [6.07, 6.45) is 0. The fraction of sp³-hybridized carbons (Fsp3) is 0. The van der Waals surface area contributed by atoms with E-state index in [2.05, 4.69) is 252 Å². The summed E-state index contributed by atoms with van der Waals surface area (Å²) in [7, 11) is -1.98. The lowest BCUT2D eigenvalue weighted by molar-refractivity contribution is 1.21. The smallest absolute Gasteiger partial charge is 0.0472 e. The van der Waals surface area contributed by atoms with E-state index in [-0.39, 0.29) is 0 Å². The molecular formula is C52H40N2S. The van der Waals surface area contributed by atoms with E-state index in [1.54, 1.807) is 0 Å². The van der Waals surface area contributed by atoms with Crippen LogP contribution in [-0.4, -0.2) is 0 Å². The first-order valence-corrected chi connectivity index (χ1v) is 20.3. The summed E-state index contributed by atoms with van der Waals surface area (Å²) in [6, 6.07) is 88.0. The topological polar surface area (TPSA) is 6.48 Å². The molecular weight excluding hydrogens is 685 g/mol. The average Bonchev–Trinajstić information content (AvgIpc) is 3.27. The van der Waals surface area contributed by atoms with Gasteiger partial charge < -0.3 is 9.80 Å². The van der Waals surface area contributed by atoms with Crippen LogP contribution in [0.4, 0.5) is 34.1 Å². The standard InChI is InChI=1S/C52H40N2S/c1-6-21-43(22-7-1)53(44-23-8-2-9-24-44)46-35-37-51(38-36-46)55(49-28-12-4-13-29-49,50-30-14-5-15-31-50)52-32-18-27-47(40-52)54(45-25-10-3-11-26-45)48-34-33-41-19-16-17-20-42(41)39-48/h1-40H. The highest BCUT2D eigenvalue weighted by Gasteiger charge is 2.34. The second-order valence-electron chi connectivity index (χ2n) is 13.4. The van der Waals surface area contributed by atoms with Gasteiger partial charge in [0, 0.05) is 53.7 Å². The number of para-hydroxylation sites is 3. The van der Waals surface area contributed by atoms with Crippen molar-refractivity contribution in [1.29, 1.82) is 0 Å². The molecule has 0 aliphatic heterocycles. The van der Waals surface area contributed by atoms with Gasteiger partial charge in [0.2, 0.25) is 0 Å². The van der Waals surface area contributed by atoms with Crippen LogP contribution in [0.3, 0.4) is 0 Å². The van der Waals surface area contributed by atoms with Crippen molar-refractivity contribution in [3.8, 4) is 0 Å². The van der Waals surface area contributed by atoms with Gasteiger partial charge in [-0.15, -0.1) is 10.0 Å². The lowest BCUT2D eigenvalue weighted by Crippen LogP contribution is -2.12. The second kappa shape index (κ2) is 15.3. The van der Waals surface area contributed by atoms with Crippen LogP contribution in [-0.2, 0) is 0 Å². The van der Waals surface area contributed by atoms with Crippen LogP contribution in [0.15, 0.2) is 262 Å². The minimum atomic E-state index is -1.98. The number of nitrogens with zero attached hydrogens (tertiary/aromatic N) is 2. The number of hydrogen-bond donors (Lipinski definition) is 0. The van der Waals surface area contributed by atoms with Crippen molar-refractivity contribution in [2.24, 2.45) is 0 Å². The van der Waals surface area contributed by atoms with Crippen molar-refractivity contribution in [2.45, 2.75) is 19.6 Å². The van der Waals surface area contributed by atoms with Gasteiger partial charge in [0.15, 0.2) is 0 Å². The molecule has 2 nitrogen and oxygen atoms in total. The summed E-state index contributed by atoms with van der Waals surface area (Å²) in [6.45, 7) is 0. The molecule has 9 rings (SSSR count).